The van der Waals surface area contributed by atoms with Gasteiger partial charge in [0.05, 0.1) is 41.9 Å². The minimum absolute atomic E-state index is 0.0332. The third-order valence-electron chi connectivity index (χ3n) is 8.05. The Hall–Kier alpha value is -3.86. The number of carbonyl (C=O) groups excluding carboxylic acids is 2. The number of carbonyl (C=O) groups is 2. The van der Waals surface area contributed by atoms with Gasteiger partial charge in [0.15, 0.2) is 11.5 Å². The lowest BCUT2D eigenvalue weighted by molar-refractivity contribution is -0.138. The monoisotopic (exact) mass is 667 g/mol. The fraction of sp³-hybridized carbons (Fsp3) is 0.483. The molecule has 2 saturated heterocycles. The number of morpholine rings is 1. The normalized spacial score (nSPS) is 18.1. The van der Waals surface area contributed by atoms with Gasteiger partial charge in [-0.1, -0.05) is 16.8 Å². The van der Waals surface area contributed by atoms with E-state index in [1.807, 2.05) is 18.9 Å². The van der Waals surface area contributed by atoms with Gasteiger partial charge in [0, 0.05) is 57.6 Å². The third kappa shape index (κ3) is 7.92. The smallest absolute Gasteiger partial charge is 0.379 e. The summed E-state index contributed by atoms with van der Waals surface area (Å²) in [5, 5.41) is 12.6. The predicted molar refractivity (Wildman–Crippen MR) is 162 cm³/mol. The maximum absolute atomic E-state index is 15.7. The van der Waals surface area contributed by atoms with Crippen LogP contribution in [0.1, 0.15) is 39.8 Å². The van der Waals surface area contributed by atoms with Crippen molar-refractivity contribution in [3.63, 3.8) is 0 Å². The summed E-state index contributed by atoms with van der Waals surface area (Å²) in [6, 6.07) is 3.07. The van der Waals surface area contributed by atoms with E-state index >= 15 is 4.39 Å². The Kier molecular flexibility index (Phi) is 10.4. The molecule has 46 heavy (non-hydrogen) atoms. The largest absolute Gasteiger partial charge is 0.417 e. The van der Waals surface area contributed by atoms with Crippen LogP contribution in [0.5, 0.6) is 0 Å². The van der Waals surface area contributed by atoms with Gasteiger partial charge in [0.2, 0.25) is 0 Å². The Morgan fingerprint density at radius 3 is 2.57 bits per heavy atom. The molecule has 1 aromatic carbocycles. The van der Waals surface area contributed by atoms with Crippen molar-refractivity contribution in [3.05, 3.63) is 58.4 Å². The van der Waals surface area contributed by atoms with E-state index in [0.29, 0.717) is 51.9 Å². The van der Waals surface area contributed by atoms with Crippen LogP contribution in [0.4, 0.5) is 28.9 Å². The van der Waals surface area contributed by atoms with Crippen molar-refractivity contribution in [3.8, 4) is 5.69 Å². The topological polar surface area (TPSA) is 121 Å². The molecule has 12 nitrogen and oxygen atoms in total. The highest BCUT2D eigenvalue weighted by atomic mass is 35.5. The molecule has 0 bridgehead atoms. The van der Waals surface area contributed by atoms with Gasteiger partial charge in [-0.15, -0.1) is 5.10 Å². The van der Waals surface area contributed by atoms with Gasteiger partial charge in [-0.3, -0.25) is 14.5 Å². The second-order valence-electron chi connectivity index (χ2n) is 11.2. The Morgan fingerprint density at radius 1 is 1.09 bits per heavy atom. The maximum Gasteiger partial charge on any atom is 0.417 e. The molecular weight excluding hydrogens is 634 g/mol. The lowest BCUT2D eigenvalue weighted by Gasteiger charge is -2.39. The second kappa shape index (κ2) is 14.3. The summed E-state index contributed by atoms with van der Waals surface area (Å²) >= 11 is 5.69. The zero-order valence-electron chi connectivity index (χ0n) is 25.3. The van der Waals surface area contributed by atoms with Crippen molar-refractivity contribution in [2.75, 3.05) is 76.3 Å². The lowest BCUT2D eigenvalue weighted by atomic mass is 10.1. The summed E-state index contributed by atoms with van der Waals surface area (Å²) in [5.41, 5.74) is -1.96. The molecule has 1 atom stereocenters. The zero-order chi connectivity index (χ0) is 33.0. The number of hydrogen-bond donors (Lipinski definition) is 2. The molecular formula is C29H34ClF4N9O3. The van der Waals surface area contributed by atoms with Crippen molar-refractivity contribution in [2.24, 2.45) is 0 Å². The molecule has 2 aromatic heterocycles. The Bertz CT molecular complexity index is 1570. The van der Waals surface area contributed by atoms with Crippen LogP contribution in [-0.2, 0) is 10.9 Å². The number of hydrogen-bond acceptors (Lipinski definition) is 9. The van der Waals surface area contributed by atoms with Crippen LogP contribution in [0.3, 0.4) is 0 Å². The molecule has 0 spiro atoms. The van der Waals surface area contributed by atoms with E-state index in [2.05, 4.69) is 35.7 Å². The van der Waals surface area contributed by atoms with Crippen LogP contribution in [0, 0.1) is 5.82 Å². The number of nitrogens with zero attached hydrogens (tertiary/aromatic N) is 7. The first kappa shape index (κ1) is 33.5. The number of benzene rings is 1. The average molecular weight is 668 g/mol. The molecule has 2 N–H and O–H groups in total. The number of alkyl halides is 3. The molecule has 2 amide bonds. The maximum atomic E-state index is 15.7. The molecule has 4 heterocycles. The number of pyridine rings is 1. The van der Waals surface area contributed by atoms with Crippen LogP contribution in [0.2, 0.25) is 5.15 Å². The molecule has 2 aliphatic rings. The van der Waals surface area contributed by atoms with Crippen molar-refractivity contribution < 1.29 is 31.9 Å². The Balaban J connectivity index is 1.39. The molecule has 0 radical (unpaired) electrons. The van der Waals surface area contributed by atoms with Gasteiger partial charge in [-0.2, -0.15) is 13.2 Å². The summed E-state index contributed by atoms with van der Waals surface area (Å²) in [4.78, 5) is 35.9. The number of likely N-dealkylation sites (N-methyl/N-ethyl adjacent to an activating group) is 1. The standard InChI is InChI=1S/C29H34ClF4N9O3/c1-18-16-42(7-6-40(18)2)25-13-21(31)24(14-22(25)37-27(44)19-15-36-26(30)12-20(19)29(32,33)34)43-17-23(38-39-43)28(45)35-4-3-5-41-8-10-46-11-9-41/h12-15,17-18H,3-11,16H2,1-2H3,(H,35,45)(H,37,44)/t18-/m0/s1. The first-order valence-corrected chi connectivity index (χ1v) is 15.1. The molecule has 3 aromatic rings. The van der Waals surface area contributed by atoms with E-state index in [1.165, 1.54) is 18.3 Å². The second-order valence-corrected chi connectivity index (χ2v) is 11.6. The van der Waals surface area contributed by atoms with Gasteiger partial charge in [0.1, 0.15) is 10.8 Å². The summed E-state index contributed by atoms with van der Waals surface area (Å²) in [6.45, 7) is 7.77. The number of piperazine rings is 1. The van der Waals surface area contributed by atoms with Crippen LogP contribution in [-0.4, -0.2) is 114 Å². The van der Waals surface area contributed by atoms with Crippen molar-refractivity contribution in [2.45, 2.75) is 25.6 Å². The molecule has 0 unspecified atom stereocenters. The Morgan fingerprint density at radius 2 is 1.85 bits per heavy atom. The summed E-state index contributed by atoms with van der Waals surface area (Å²) in [6.07, 6.45) is -2.19. The van der Waals surface area contributed by atoms with Crippen molar-refractivity contribution in [1.82, 2.24) is 35.1 Å². The molecule has 0 saturated carbocycles. The van der Waals surface area contributed by atoms with Crippen LogP contribution in [0.15, 0.2) is 30.6 Å². The summed E-state index contributed by atoms with van der Waals surface area (Å²) < 4.78 is 63.4. The average Bonchev–Trinajstić information content (AvgIpc) is 3.51. The van der Waals surface area contributed by atoms with Gasteiger partial charge in [-0.05, 0) is 39.1 Å². The molecule has 248 valence electrons. The highest BCUT2D eigenvalue weighted by Crippen LogP contribution is 2.36. The lowest BCUT2D eigenvalue weighted by Crippen LogP contribution is -2.50. The number of aromatic nitrogens is 4. The molecule has 0 aliphatic carbocycles. The van der Waals surface area contributed by atoms with Crippen LogP contribution < -0.4 is 15.5 Å². The predicted octanol–water partition coefficient (Wildman–Crippen LogP) is 3.32. The summed E-state index contributed by atoms with van der Waals surface area (Å²) in [5.74, 6) is -2.36. The molecule has 17 heteroatoms. The van der Waals surface area contributed by atoms with Gasteiger partial charge >= 0.3 is 6.18 Å². The Labute approximate surface area is 267 Å². The van der Waals surface area contributed by atoms with Crippen LogP contribution >= 0.6 is 11.6 Å². The van der Waals surface area contributed by atoms with Crippen LogP contribution in [0.25, 0.3) is 5.69 Å². The number of halogens is 5. The van der Waals surface area contributed by atoms with Crippen molar-refractivity contribution in [1.29, 1.82) is 0 Å². The molecule has 5 rings (SSSR count). The minimum Gasteiger partial charge on any atom is -0.379 e. The third-order valence-corrected chi connectivity index (χ3v) is 8.25. The fourth-order valence-electron chi connectivity index (χ4n) is 5.30. The number of amides is 2. The van der Waals surface area contributed by atoms with E-state index in [1.54, 1.807) is 0 Å². The summed E-state index contributed by atoms with van der Waals surface area (Å²) in [7, 11) is 1.95. The fourth-order valence-corrected chi connectivity index (χ4v) is 5.45. The van der Waals surface area contributed by atoms with E-state index in [-0.39, 0.29) is 28.8 Å². The highest BCUT2D eigenvalue weighted by molar-refractivity contribution is 6.29. The van der Waals surface area contributed by atoms with Crippen molar-refractivity contribution >= 4 is 34.8 Å². The van der Waals surface area contributed by atoms with Gasteiger partial charge in [-0.25, -0.2) is 14.1 Å². The SMILES string of the molecule is C[C@H]1CN(c2cc(F)c(-n3cc(C(=O)NCCCN4CCOCC4)nn3)cc2NC(=O)c2cnc(Cl)cc2C(F)(F)F)CCN1C. The number of rotatable bonds is 9. The highest BCUT2D eigenvalue weighted by Gasteiger charge is 2.36. The zero-order valence-corrected chi connectivity index (χ0v) is 26.0. The van der Waals surface area contributed by atoms with E-state index in [9.17, 15) is 22.8 Å². The number of ether oxygens (including phenoxy) is 1. The van der Waals surface area contributed by atoms with E-state index in [4.69, 9.17) is 16.3 Å². The van der Waals surface area contributed by atoms with E-state index < -0.39 is 40.1 Å². The first-order chi connectivity index (χ1) is 21.9. The van der Waals surface area contributed by atoms with E-state index in [0.717, 1.165) is 30.5 Å². The number of anilines is 2. The minimum atomic E-state index is -4.89. The van der Waals surface area contributed by atoms with Gasteiger partial charge in [0.25, 0.3) is 11.8 Å². The molecule has 2 aliphatic heterocycles. The van der Waals surface area contributed by atoms with Gasteiger partial charge < -0.3 is 25.2 Å². The number of nitrogens with one attached hydrogen (secondary N) is 2. The molecule has 2 fully saturated rings. The first-order valence-electron chi connectivity index (χ1n) is 14.7. The quantitative estimate of drug-likeness (QED) is 0.201.